The van der Waals surface area contributed by atoms with E-state index in [0.717, 1.165) is 11.0 Å². The predicted molar refractivity (Wildman–Crippen MR) is 85.4 cm³/mol. The van der Waals surface area contributed by atoms with Crippen molar-refractivity contribution >= 4 is 39.0 Å². The second kappa shape index (κ2) is 4.58. The van der Waals surface area contributed by atoms with E-state index in [2.05, 4.69) is 43.1 Å². The average Bonchev–Trinajstić information content (AvgIpc) is 2.68. The summed E-state index contributed by atoms with van der Waals surface area (Å²) in [6.07, 6.45) is 3.33. The van der Waals surface area contributed by atoms with Gasteiger partial charge in [-0.3, -0.25) is 0 Å². The fourth-order valence-electron chi connectivity index (χ4n) is 1.95. The highest BCUT2D eigenvalue weighted by Gasteiger charge is 2.38. The SMILES string of the molecule is CC(C)(C)[Si](C)(C)n1ccc2cc(S(=O)(=O)Cl)cnc21. The fourth-order valence-corrected chi connectivity index (χ4v) is 4.54. The van der Waals surface area contributed by atoms with Gasteiger partial charge in [-0.1, -0.05) is 33.9 Å². The summed E-state index contributed by atoms with van der Waals surface area (Å²) < 4.78 is 24.9. The zero-order valence-corrected chi connectivity index (χ0v) is 14.9. The first-order chi connectivity index (χ1) is 8.94. The fraction of sp³-hybridized carbons (Fsp3) is 0.462. The maximum atomic E-state index is 11.4. The van der Waals surface area contributed by atoms with E-state index in [1.54, 1.807) is 6.07 Å². The third-order valence-corrected chi connectivity index (χ3v) is 10.8. The topological polar surface area (TPSA) is 52.0 Å². The molecular formula is C13H19ClN2O2SSi. The van der Waals surface area contributed by atoms with Crippen LogP contribution in [0.25, 0.3) is 11.0 Å². The van der Waals surface area contributed by atoms with Crippen LogP contribution in [-0.4, -0.2) is 25.9 Å². The molecule has 2 aromatic heterocycles. The lowest BCUT2D eigenvalue weighted by Gasteiger charge is -2.38. The second-order valence-corrected chi connectivity index (χ2v) is 14.2. The maximum Gasteiger partial charge on any atom is 0.262 e. The van der Waals surface area contributed by atoms with Crippen LogP contribution in [0.1, 0.15) is 20.8 Å². The normalized spacial score (nSPS) is 13.9. The first kappa shape index (κ1) is 15.5. The van der Waals surface area contributed by atoms with Gasteiger partial charge in [-0.2, -0.15) is 0 Å². The number of pyridine rings is 1. The first-order valence-electron chi connectivity index (χ1n) is 6.37. The molecule has 0 fully saturated rings. The molecule has 7 heteroatoms. The van der Waals surface area contributed by atoms with Crippen LogP contribution in [0.5, 0.6) is 0 Å². The zero-order chi connectivity index (χ0) is 15.3. The number of hydrogen-bond acceptors (Lipinski definition) is 3. The van der Waals surface area contributed by atoms with Crippen LogP contribution >= 0.6 is 10.7 Å². The zero-order valence-electron chi connectivity index (χ0n) is 12.3. The highest BCUT2D eigenvalue weighted by atomic mass is 35.7. The molecule has 4 nitrogen and oxygen atoms in total. The number of fused-ring (bicyclic) bond motifs is 1. The van der Waals surface area contributed by atoms with Crippen molar-refractivity contribution in [2.45, 2.75) is 43.8 Å². The van der Waals surface area contributed by atoms with Gasteiger partial charge in [0.1, 0.15) is 10.5 Å². The molecule has 0 saturated heterocycles. The molecule has 0 bridgehead atoms. The lowest BCUT2D eigenvalue weighted by atomic mass is 10.2. The first-order valence-corrected chi connectivity index (χ1v) is 11.6. The summed E-state index contributed by atoms with van der Waals surface area (Å²) in [4.78, 5) is 4.36. The minimum atomic E-state index is -3.74. The van der Waals surface area contributed by atoms with Crippen LogP contribution in [0.15, 0.2) is 29.4 Å². The van der Waals surface area contributed by atoms with Crippen LogP contribution in [0, 0.1) is 0 Å². The van der Waals surface area contributed by atoms with Crippen molar-refractivity contribution in [3.63, 3.8) is 0 Å². The minimum absolute atomic E-state index is 0.0413. The van der Waals surface area contributed by atoms with E-state index in [1.165, 1.54) is 6.20 Å². The second-order valence-electron chi connectivity index (χ2n) is 6.52. The van der Waals surface area contributed by atoms with Crippen molar-refractivity contribution in [3.05, 3.63) is 24.5 Å². The Hall–Kier alpha value is -0.853. The summed E-state index contributed by atoms with van der Waals surface area (Å²) >= 11 is 0. The molecule has 0 unspecified atom stereocenters. The Labute approximate surface area is 125 Å². The average molecular weight is 331 g/mol. The molecule has 0 atom stereocenters. The molecule has 110 valence electrons. The quantitative estimate of drug-likeness (QED) is 0.621. The molecule has 0 N–H and O–H groups in total. The van der Waals surface area contributed by atoms with Crippen LogP contribution in [0.4, 0.5) is 0 Å². The van der Waals surface area contributed by atoms with E-state index in [9.17, 15) is 8.42 Å². The molecule has 0 saturated carbocycles. The van der Waals surface area contributed by atoms with E-state index in [1.807, 2.05) is 12.3 Å². The predicted octanol–water partition coefficient (Wildman–Crippen LogP) is 3.82. The van der Waals surface area contributed by atoms with Crippen LogP contribution in [0.2, 0.25) is 18.1 Å². The summed E-state index contributed by atoms with van der Waals surface area (Å²) in [5.41, 5.74) is 0.820. The summed E-state index contributed by atoms with van der Waals surface area (Å²) in [6.45, 7) is 11.2. The number of nitrogens with zero attached hydrogens (tertiary/aromatic N) is 2. The third-order valence-electron chi connectivity index (χ3n) is 4.22. The van der Waals surface area contributed by atoms with Gasteiger partial charge in [-0.15, -0.1) is 0 Å². The van der Waals surface area contributed by atoms with Crippen molar-refractivity contribution in [3.8, 4) is 0 Å². The molecule has 0 aromatic carbocycles. The van der Waals surface area contributed by atoms with E-state index in [-0.39, 0.29) is 9.93 Å². The van der Waals surface area contributed by atoms with Gasteiger partial charge in [0.2, 0.25) is 0 Å². The van der Waals surface area contributed by atoms with Crippen LogP contribution in [-0.2, 0) is 9.05 Å². The van der Waals surface area contributed by atoms with Gasteiger partial charge >= 0.3 is 0 Å². The third kappa shape index (κ3) is 2.52. The Balaban J connectivity index is 2.66. The molecule has 0 spiro atoms. The molecule has 0 amide bonds. The van der Waals surface area contributed by atoms with Crippen molar-refractivity contribution < 1.29 is 8.42 Å². The summed E-state index contributed by atoms with van der Waals surface area (Å²) in [5, 5.41) is 0.967. The minimum Gasteiger partial charge on any atom is -0.359 e. The van der Waals surface area contributed by atoms with Crippen molar-refractivity contribution in [1.29, 1.82) is 0 Å². The van der Waals surface area contributed by atoms with Crippen molar-refractivity contribution in [2.24, 2.45) is 0 Å². The van der Waals surface area contributed by atoms with Gasteiger partial charge in [0.25, 0.3) is 9.05 Å². The lowest BCUT2D eigenvalue weighted by Crippen LogP contribution is -2.45. The molecule has 0 aliphatic carbocycles. The highest BCUT2D eigenvalue weighted by molar-refractivity contribution is 8.13. The maximum absolute atomic E-state index is 11.4. The van der Waals surface area contributed by atoms with Crippen molar-refractivity contribution in [2.75, 3.05) is 0 Å². The number of aromatic nitrogens is 2. The Morgan fingerprint density at radius 2 is 1.90 bits per heavy atom. The molecular weight excluding hydrogens is 312 g/mol. The van der Waals surface area contributed by atoms with E-state index in [0.29, 0.717) is 0 Å². The van der Waals surface area contributed by atoms with E-state index in [4.69, 9.17) is 10.7 Å². The molecule has 2 aromatic rings. The van der Waals surface area contributed by atoms with Gasteiger partial charge < -0.3 is 4.23 Å². The number of hydrogen-bond donors (Lipinski definition) is 0. The Kier molecular flexibility index (Phi) is 3.55. The number of halogens is 1. The Morgan fingerprint density at radius 1 is 1.30 bits per heavy atom. The van der Waals surface area contributed by atoms with Gasteiger partial charge in [-0.05, 0) is 23.4 Å². The number of rotatable bonds is 2. The lowest BCUT2D eigenvalue weighted by molar-refractivity contribution is 0.609. The summed E-state index contributed by atoms with van der Waals surface area (Å²) in [7, 11) is -0.160. The summed E-state index contributed by atoms with van der Waals surface area (Å²) in [6, 6.07) is 3.47. The van der Waals surface area contributed by atoms with E-state index >= 15 is 0 Å². The standard InChI is InChI=1S/C13H19ClN2O2SSi/c1-13(2,3)20(4,5)16-7-6-10-8-11(19(14,17)18)9-15-12(10)16/h6-9H,1-5H3. The monoisotopic (exact) mass is 330 g/mol. The van der Waals surface area contributed by atoms with Gasteiger partial charge in [0, 0.05) is 22.3 Å². The summed E-state index contributed by atoms with van der Waals surface area (Å²) in [5.74, 6) is 0. The smallest absolute Gasteiger partial charge is 0.262 e. The Bertz CT molecular complexity index is 760. The van der Waals surface area contributed by atoms with E-state index < -0.39 is 17.3 Å². The molecule has 0 aliphatic heterocycles. The molecule has 0 radical (unpaired) electrons. The Morgan fingerprint density at radius 3 is 2.40 bits per heavy atom. The highest BCUT2D eigenvalue weighted by Crippen LogP contribution is 2.38. The molecule has 2 rings (SSSR count). The van der Waals surface area contributed by atoms with Crippen LogP contribution in [0.3, 0.4) is 0 Å². The van der Waals surface area contributed by atoms with Crippen LogP contribution < -0.4 is 0 Å². The molecule has 0 aliphatic rings. The van der Waals surface area contributed by atoms with Gasteiger partial charge in [0.15, 0.2) is 8.24 Å². The van der Waals surface area contributed by atoms with Gasteiger partial charge in [-0.25, -0.2) is 13.4 Å². The largest absolute Gasteiger partial charge is 0.359 e. The van der Waals surface area contributed by atoms with Crippen molar-refractivity contribution in [1.82, 2.24) is 9.22 Å². The van der Waals surface area contributed by atoms with Gasteiger partial charge in [0.05, 0.1) is 0 Å². The molecule has 20 heavy (non-hydrogen) atoms. The molecule has 2 heterocycles.